The molecule has 0 saturated carbocycles. The fourth-order valence-corrected chi connectivity index (χ4v) is 4.59. The molecule has 1 atom stereocenters. The van der Waals surface area contributed by atoms with Crippen LogP contribution in [0.1, 0.15) is 42.3 Å². The number of aliphatic carboxylic acids is 1. The fraction of sp³-hybridized carbons (Fsp3) is 0.222. The van der Waals surface area contributed by atoms with Crippen LogP contribution in [0.4, 0.5) is 0 Å². The summed E-state index contributed by atoms with van der Waals surface area (Å²) in [6, 6.07) is 23.3. The van der Waals surface area contributed by atoms with Crippen LogP contribution < -0.4 is 10.1 Å². The highest BCUT2D eigenvalue weighted by molar-refractivity contribution is 7.21. The van der Waals surface area contributed by atoms with Crippen LogP contribution in [0.3, 0.4) is 0 Å². The zero-order valence-electron chi connectivity index (χ0n) is 19.0. The summed E-state index contributed by atoms with van der Waals surface area (Å²) < 4.78 is 7.48. The van der Waals surface area contributed by atoms with E-state index in [2.05, 4.69) is 25.2 Å². The number of carboxylic acid groups (broad SMARTS) is 1. The molecule has 0 radical (unpaired) electrons. The van der Waals surface area contributed by atoms with E-state index in [-0.39, 0.29) is 30.9 Å². The van der Waals surface area contributed by atoms with Crippen molar-refractivity contribution in [3.8, 4) is 16.3 Å². The molecule has 0 saturated heterocycles. The van der Waals surface area contributed by atoms with Crippen molar-refractivity contribution in [1.82, 2.24) is 10.3 Å². The van der Waals surface area contributed by atoms with Gasteiger partial charge in [-0.25, -0.2) is 4.98 Å². The Morgan fingerprint density at radius 3 is 2.35 bits per heavy atom. The van der Waals surface area contributed by atoms with Crippen molar-refractivity contribution in [2.24, 2.45) is 5.92 Å². The number of carbonyl (C=O) groups excluding carboxylic acids is 1. The normalized spacial score (nSPS) is 12.0. The van der Waals surface area contributed by atoms with Gasteiger partial charge in [-0.15, -0.1) is 11.3 Å². The summed E-state index contributed by atoms with van der Waals surface area (Å²) >= 11 is 1.67. The number of hydrogen-bond donors (Lipinski definition) is 2. The highest BCUT2D eigenvalue weighted by Gasteiger charge is 2.19. The minimum Gasteiger partial charge on any atom is -0.485 e. The second-order valence-corrected chi connectivity index (χ2v) is 9.35. The van der Waals surface area contributed by atoms with Crippen LogP contribution >= 0.6 is 11.3 Å². The van der Waals surface area contributed by atoms with E-state index >= 15 is 0 Å². The van der Waals surface area contributed by atoms with E-state index < -0.39 is 5.97 Å². The number of carboxylic acids is 1. The molecule has 0 bridgehead atoms. The lowest BCUT2D eigenvalue weighted by atomic mass is 9.97. The molecule has 4 aromatic rings. The molecule has 0 spiro atoms. The van der Waals surface area contributed by atoms with Gasteiger partial charge in [-0.1, -0.05) is 38.1 Å². The van der Waals surface area contributed by atoms with Gasteiger partial charge < -0.3 is 15.2 Å². The van der Waals surface area contributed by atoms with Gasteiger partial charge in [0.2, 0.25) is 0 Å². The Morgan fingerprint density at radius 2 is 1.71 bits per heavy atom. The van der Waals surface area contributed by atoms with Gasteiger partial charge in [0.15, 0.2) is 0 Å². The maximum Gasteiger partial charge on any atom is 0.305 e. The number of fused-ring (bicyclic) bond motifs is 1. The third kappa shape index (κ3) is 5.61. The summed E-state index contributed by atoms with van der Waals surface area (Å²) in [6.07, 6.45) is -0.289. The first-order chi connectivity index (χ1) is 16.4. The van der Waals surface area contributed by atoms with Crippen LogP contribution in [0.25, 0.3) is 20.8 Å². The number of benzene rings is 3. The molecule has 34 heavy (non-hydrogen) atoms. The minimum absolute atomic E-state index is 0.0979. The lowest BCUT2D eigenvalue weighted by molar-refractivity contribution is -0.136. The summed E-state index contributed by atoms with van der Waals surface area (Å²) in [5.74, 6) is -0.265. The molecule has 0 aliphatic rings. The van der Waals surface area contributed by atoms with Gasteiger partial charge in [0.25, 0.3) is 5.91 Å². The van der Waals surface area contributed by atoms with Crippen LogP contribution in [0.2, 0.25) is 0 Å². The number of rotatable bonds is 9. The number of para-hydroxylation sites is 1. The first-order valence-electron chi connectivity index (χ1n) is 11.1. The zero-order valence-corrected chi connectivity index (χ0v) is 19.8. The van der Waals surface area contributed by atoms with Gasteiger partial charge in [0.1, 0.15) is 16.9 Å². The average molecular weight is 475 g/mol. The smallest absolute Gasteiger partial charge is 0.305 e. The van der Waals surface area contributed by atoms with Crippen LogP contribution in [-0.2, 0) is 4.79 Å². The van der Waals surface area contributed by atoms with E-state index in [0.717, 1.165) is 32.1 Å². The molecule has 1 heterocycles. The molecule has 3 aromatic carbocycles. The van der Waals surface area contributed by atoms with Gasteiger partial charge in [-0.3, -0.25) is 9.59 Å². The van der Waals surface area contributed by atoms with E-state index in [1.54, 1.807) is 23.5 Å². The van der Waals surface area contributed by atoms with Crippen LogP contribution in [0, 0.1) is 5.92 Å². The van der Waals surface area contributed by atoms with Gasteiger partial charge >= 0.3 is 5.97 Å². The second kappa shape index (κ2) is 10.5. The predicted octanol–water partition coefficient (Wildman–Crippen LogP) is 5.94. The average Bonchev–Trinajstić information content (AvgIpc) is 3.27. The highest BCUT2D eigenvalue weighted by atomic mass is 32.1. The van der Waals surface area contributed by atoms with E-state index in [1.807, 2.05) is 54.6 Å². The molecule has 174 valence electrons. The van der Waals surface area contributed by atoms with E-state index in [0.29, 0.717) is 5.56 Å². The molecule has 7 heteroatoms. The Morgan fingerprint density at radius 1 is 1.00 bits per heavy atom. The maximum absolute atomic E-state index is 12.2. The predicted molar refractivity (Wildman–Crippen MR) is 134 cm³/mol. The molecular weight excluding hydrogens is 448 g/mol. The number of amides is 1. The summed E-state index contributed by atoms with van der Waals surface area (Å²) in [4.78, 5) is 27.5. The Bertz CT molecular complexity index is 1250. The number of nitrogens with zero attached hydrogens (tertiary/aromatic N) is 1. The van der Waals surface area contributed by atoms with Crippen LogP contribution in [-0.4, -0.2) is 28.5 Å². The topological polar surface area (TPSA) is 88.5 Å². The number of hydrogen-bond acceptors (Lipinski definition) is 5. The van der Waals surface area contributed by atoms with E-state index in [4.69, 9.17) is 14.8 Å². The number of ether oxygens (including phenoxy) is 1. The van der Waals surface area contributed by atoms with Crippen LogP contribution in [0.15, 0.2) is 72.8 Å². The number of carbonyl (C=O) groups is 2. The first kappa shape index (κ1) is 23.4. The summed E-state index contributed by atoms with van der Waals surface area (Å²) in [5.41, 5.74) is 3.50. The van der Waals surface area contributed by atoms with Gasteiger partial charge in [-0.05, 0) is 60.0 Å². The molecule has 1 unspecified atom stereocenters. The van der Waals surface area contributed by atoms with Crippen molar-refractivity contribution in [2.75, 3.05) is 6.54 Å². The first-order valence-corrected chi connectivity index (χ1v) is 11.9. The number of thiazole rings is 1. The Hall–Kier alpha value is -3.71. The van der Waals surface area contributed by atoms with Gasteiger partial charge in [-0.2, -0.15) is 0 Å². The summed E-state index contributed by atoms with van der Waals surface area (Å²) in [6.45, 7) is 4.28. The Balaban J connectivity index is 1.44. The summed E-state index contributed by atoms with van der Waals surface area (Å²) in [7, 11) is 0. The molecular formula is C27H26N2O4S. The molecule has 0 aliphatic heterocycles. The molecule has 4 rings (SSSR count). The Kier molecular flexibility index (Phi) is 7.23. The van der Waals surface area contributed by atoms with E-state index in [1.165, 1.54) is 0 Å². The Labute approximate surface area is 202 Å². The molecule has 1 amide bonds. The lowest BCUT2D eigenvalue weighted by Crippen LogP contribution is -2.26. The quantitative estimate of drug-likeness (QED) is 0.313. The monoisotopic (exact) mass is 474 g/mol. The largest absolute Gasteiger partial charge is 0.485 e. The van der Waals surface area contributed by atoms with Crippen molar-refractivity contribution in [2.45, 2.75) is 26.4 Å². The van der Waals surface area contributed by atoms with Crippen molar-refractivity contribution in [1.29, 1.82) is 0 Å². The zero-order chi connectivity index (χ0) is 24.1. The summed E-state index contributed by atoms with van der Waals surface area (Å²) in [5, 5.41) is 12.3. The molecule has 1 aromatic heterocycles. The van der Waals surface area contributed by atoms with E-state index in [9.17, 15) is 9.59 Å². The minimum atomic E-state index is -0.944. The third-order valence-electron chi connectivity index (χ3n) is 5.39. The van der Waals surface area contributed by atoms with Crippen LogP contribution in [0.5, 0.6) is 5.75 Å². The molecule has 0 fully saturated rings. The van der Waals surface area contributed by atoms with Crippen molar-refractivity contribution < 1.29 is 19.4 Å². The standard InChI is InChI=1S/C27H26N2O4S/c1-17(2)25(18-7-9-19(10-8-18)26(32)28-16-15-24(30)31)33-21-13-11-20(12-14-21)27-29-22-5-3-4-6-23(22)34-27/h3-14,17,25H,15-16H2,1-2H3,(H,28,32)(H,30,31). The number of nitrogens with one attached hydrogen (secondary N) is 1. The second-order valence-electron chi connectivity index (χ2n) is 8.32. The fourth-order valence-electron chi connectivity index (χ4n) is 3.62. The van der Waals surface area contributed by atoms with Gasteiger partial charge in [0, 0.05) is 17.7 Å². The van der Waals surface area contributed by atoms with Crippen molar-refractivity contribution in [3.05, 3.63) is 83.9 Å². The maximum atomic E-state index is 12.2. The highest BCUT2D eigenvalue weighted by Crippen LogP contribution is 2.33. The molecule has 6 nitrogen and oxygen atoms in total. The SMILES string of the molecule is CC(C)C(Oc1ccc(-c2nc3ccccc3s2)cc1)c1ccc(C(=O)NCCC(=O)O)cc1. The molecule has 2 N–H and O–H groups in total. The van der Waals surface area contributed by atoms with Gasteiger partial charge in [0.05, 0.1) is 16.6 Å². The molecule has 0 aliphatic carbocycles. The lowest BCUT2D eigenvalue weighted by Gasteiger charge is -2.23. The number of aromatic nitrogens is 1. The van der Waals surface area contributed by atoms with Crippen molar-refractivity contribution in [3.63, 3.8) is 0 Å². The van der Waals surface area contributed by atoms with Crippen molar-refractivity contribution >= 4 is 33.4 Å². The third-order valence-corrected chi connectivity index (χ3v) is 6.48.